The topological polar surface area (TPSA) is 113 Å². The van der Waals surface area contributed by atoms with Crippen LogP contribution in [0.3, 0.4) is 0 Å². The molecular weight excluding hydrogens is 531 g/mol. The molecular formula is C14H12N10PtSi. The fourth-order valence-electron chi connectivity index (χ4n) is 2.29. The van der Waals surface area contributed by atoms with Crippen molar-refractivity contribution in [2.45, 2.75) is 13.1 Å². The molecule has 0 bridgehead atoms. The normalized spacial score (nSPS) is 11.2. The maximum absolute atomic E-state index is 4.63. The third kappa shape index (κ3) is 3.35. The van der Waals surface area contributed by atoms with E-state index in [1.54, 1.807) is 12.4 Å². The molecule has 4 rings (SSSR count). The van der Waals surface area contributed by atoms with Gasteiger partial charge in [0, 0.05) is 48.3 Å². The van der Waals surface area contributed by atoms with Gasteiger partial charge in [0.1, 0.15) is 11.9 Å². The van der Waals surface area contributed by atoms with E-state index in [1.807, 2.05) is 12.1 Å². The Morgan fingerprint density at radius 1 is 0.808 bits per heavy atom. The van der Waals surface area contributed by atoms with Gasteiger partial charge in [-0.3, -0.25) is 19.9 Å². The van der Waals surface area contributed by atoms with Crippen LogP contribution in [0.25, 0.3) is 11.9 Å². The Hall–Kier alpha value is -2.65. The molecule has 26 heavy (non-hydrogen) atoms. The number of nitrogens with zero attached hydrogens (tertiary/aromatic N) is 10. The molecule has 4 aromatic heterocycles. The molecule has 12 heteroatoms. The van der Waals surface area contributed by atoms with Gasteiger partial charge in [-0.2, -0.15) is 0 Å². The SMILES string of the molecule is C[Si](C)(c1ccnc(-n2[c-]ncn2)n1)c1ccnc(-n2[c-]ncn2)n1.[Pt+2]. The van der Waals surface area contributed by atoms with Gasteiger partial charge in [0.2, 0.25) is 0 Å². The van der Waals surface area contributed by atoms with Crippen LogP contribution in [0.2, 0.25) is 13.1 Å². The Bertz CT molecular complexity index is 907. The van der Waals surface area contributed by atoms with Crippen LogP contribution in [0, 0.1) is 12.7 Å². The van der Waals surface area contributed by atoms with E-state index in [4.69, 9.17) is 0 Å². The minimum atomic E-state index is -2.20. The van der Waals surface area contributed by atoms with E-state index in [0.717, 1.165) is 10.6 Å². The summed E-state index contributed by atoms with van der Waals surface area (Å²) < 4.78 is 2.81. The molecule has 0 saturated carbocycles. The number of aromatic nitrogens is 10. The van der Waals surface area contributed by atoms with Crippen molar-refractivity contribution in [1.82, 2.24) is 49.5 Å². The van der Waals surface area contributed by atoms with E-state index in [0.29, 0.717) is 11.9 Å². The van der Waals surface area contributed by atoms with Crippen molar-refractivity contribution < 1.29 is 21.1 Å². The van der Waals surface area contributed by atoms with Gasteiger partial charge in [0.25, 0.3) is 0 Å². The first-order valence-corrected chi connectivity index (χ1v) is 10.4. The third-order valence-corrected chi connectivity index (χ3v) is 6.82. The summed E-state index contributed by atoms with van der Waals surface area (Å²) in [7, 11) is -2.20. The van der Waals surface area contributed by atoms with E-state index < -0.39 is 8.07 Å². The Labute approximate surface area is 164 Å². The van der Waals surface area contributed by atoms with E-state index >= 15 is 0 Å². The summed E-state index contributed by atoms with van der Waals surface area (Å²) >= 11 is 0. The van der Waals surface area contributed by atoms with Gasteiger partial charge in [-0.1, -0.05) is 13.1 Å². The van der Waals surface area contributed by atoms with Crippen LogP contribution < -0.4 is 10.6 Å². The Kier molecular flexibility index (Phi) is 5.09. The minimum Gasteiger partial charge on any atom is -0.353 e. The monoisotopic (exact) mass is 543 g/mol. The van der Waals surface area contributed by atoms with E-state index in [2.05, 4.69) is 65.8 Å². The van der Waals surface area contributed by atoms with Gasteiger partial charge >= 0.3 is 21.1 Å². The number of hydrogen-bond donors (Lipinski definition) is 0. The van der Waals surface area contributed by atoms with E-state index in [1.165, 1.54) is 22.0 Å². The zero-order valence-electron chi connectivity index (χ0n) is 13.8. The predicted octanol–water partition coefficient (Wildman–Crippen LogP) is -1.15. The fraction of sp³-hybridized carbons (Fsp3) is 0.143. The molecule has 0 saturated heterocycles. The standard InChI is InChI=1S/C14H12N10Si.Pt/c1-25(2,11-3-5-17-13(21-11)23-9-15-7-19-23)12-4-6-18-14(22-12)24-10-16-8-20-24;/h3-8H,1-2H3;/q-2;+2. The maximum atomic E-state index is 4.63. The fourth-order valence-corrected chi connectivity index (χ4v) is 4.29. The van der Waals surface area contributed by atoms with Crippen LogP contribution in [0.5, 0.6) is 0 Å². The smallest absolute Gasteiger partial charge is 0.353 e. The average molecular weight is 543 g/mol. The van der Waals surface area contributed by atoms with E-state index in [-0.39, 0.29) is 21.1 Å². The van der Waals surface area contributed by atoms with Crippen LogP contribution in [0.15, 0.2) is 37.2 Å². The number of rotatable bonds is 4. The van der Waals surface area contributed by atoms with Crippen molar-refractivity contribution >= 4 is 18.7 Å². The van der Waals surface area contributed by atoms with Gasteiger partial charge in [0.05, 0.1) is 0 Å². The minimum absolute atomic E-state index is 0. The molecule has 0 amide bonds. The molecule has 0 N–H and O–H groups in total. The first-order valence-electron chi connectivity index (χ1n) is 7.38. The first kappa shape index (κ1) is 18.1. The van der Waals surface area contributed by atoms with E-state index in [9.17, 15) is 0 Å². The molecule has 10 nitrogen and oxygen atoms in total. The van der Waals surface area contributed by atoms with Crippen molar-refractivity contribution in [3.63, 3.8) is 0 Å². The van der Waals surface area contributed by atoms with Gasteiger partial charge in [-0.05, 0) is 12.1 Å². The molecule has 0 aromatic carbocycles. The Morgan fingerprint density at radius 2 is 1.27 bits per heavy atom. The zero-order valence-corrected chi connectivity index (χ0v) is 17.0. The molecule has 0 aliphatic carbocycles. The molecule has 0 aliphatic heterocycles. The predicted molar refractivity (Wildman–Crippen MR) is 88.3 cm³/mol. The quantitative estimate of drug-likeness (QED) is 0.234. The van der Waals surface area contributed by atoms with Crippen LogP contribution >= 0.6 is 0 Å². The summed E-state index contributed by atoms with van der Waals surface area (Å²) in [5.74, 6) is 0.851. The largest absolute Gasteiger partial charge is 2.00 e. The third-order valence-electron chi connectivity index (χ3n) is 3.70. The van der Waals surface area contributed by atoms with Gasteiger partial charge in [-0.25, -0.2) is 10.2 Å². The molecule has 0 fully saturated rings. The van der Waals surface area contributed by atoms with Crippen molar-refractivity contribution in [1.29, 1.82) is 0 Å². The Balaban J connectivity index is 0.00000196. The second-order valence-corrected chi connectivity index (χ2v) is 9.93. The number of hydrogen-bond acceptors (Lipinski definition) is 8. The van der Waals surface area contributed by atoms with Crippen molar-refractivity contribution in [3.05, 3.63) is 49.8 Å². The molecule has 132 valence electrons. The molecule has 0 atom stereocenters. The molecule has 4 heterocycles. The summed E-state index contributed by atoms with van der Waals surface area (Å²) in [5.41, 5.74) is 0. The zero-order chi connectivity index (χ0) is 17.3. The van der Waals surface area contributed by atoms with Crippen LogP contribution in [-0.4, -0.2) is 57.5 Å². The molecule has 0 spiro atoms. The summed E-state index contributed by atoms with van der Waals surface area (Å²) in [6.45, 7) is 4.31. The molecule has 0 aliphatic rings. The first-order chi connectivity index (χ1) is 12.1. The molecule has 0 radical (unpaired) electrons. The second-order valence-electron chi connectivity index (χ2n) is 5.65. The summed E-state index contributed by atoms with van der Waals surface area (Å²) in [4.78, 5) is 25.3. The average Bonchev–Trinajstić information content (AvgIpc) is 3.36. The van der Waals surface area contributed by atoms with Crippen LogP contribution in [0.4, 0.5) is 0 Å². The Morgan fingerprint density at radius 3 is 1.65 bits per heavy atom. The second kappa shape index (κ2) is 7.30. The van der Waals surface area contributed by atoms with Gasteiger partial charge < -0.3 is 19.3 Å². The molecule has 4 aromatic rings. The van der Waals surface area contributed by atoms with Crippen LogP contribution in [-0.2, 0) is 21.1 Å². The van der Waals surface area contributed by atoms with Crippen LogP contribution in [0.1, 0.15) is 0 Å². The van der Waals surface area contributed by atoms with Crippen molar-refractivity contribution in [2.24, 2.45) is 0 Å². The maximum Gasteiger partial charge on any atom is 2.00 e. The van der Waals surface area contributed by atoms with Crippen molar-refractivity contribution in [3.8, 4) is 11.9 Å². The van der Waals surface area contributed by atoms with Gasteiger partial charge in [0.15, 0.2) is 8.07 Å². The van der Waals surface area contributed by atoms with Crippen molar-refractivity contribution in [2.75, 3.05) is 0 Å². The summed E-state index contributed by atoms with van der Waals surface area (Å²) in [5, 5.41) is 9.87. The summed E-state index contributed by atoms with van der Waals surface area (Å²) in [6, 6.07) is 3.80. The summed E-state index contributed by atoms with van der Waals surface area (Å²) in [6.07, 6.45) is 11.6. The van der Waals surface area contributed by atoms with Gasteiger partial charge in [-0.15, -0.1) is 0 Å². The molecule has 0 unspecified atom stereocenters.